The maximum Gasteiger partial charge on any atom is 0.242 e. The van der Waals surface area contributed by atoms with Crippen LogP contribution in [-0.2, 0) is 9.59 Å². The van der Waals surface area contributed by atoms with Crippen LogP contribution in [0.15, 0.2) is 24.3 Å². The van der Waals surface area contributed by atoms with Gasteiger partial charge >= 0.3 is 0 Å². The first-order valence-corrected chi connectivity index (χ1v) is 12.1. The Morgan fingerprint density at radius 2 is 1.77 bits per heavy atom. The van der Waals surface area contributed by atoms with E-state index in [1.54, 1.807) is 7.11 Å². The Morgan fingerprint density at radius 3 is 2.40 bits per heavy atom. The molecule has 4 rings (SSSR count). The minimum absolute atomic E-state index is 0.0436. The standard InChI is InChI=1S/C22H29N3O3S2/c1-28-18-9-7-16(8-10-18)23-11-13-24(14-12-23)20(26)15-19-21(27)25(22(29)30-19)17-5-3-2-4-6-17/h7-10,17,19H,2-6,11-15H2,1H3. The number of carbonyl (C=O) groups excluding carboxylic acids is 2. The lowest BCUT2D eigenvalue weighted by atomic mass is 9.94. The third kappa shape index (κ3) is 4.59. The predicted molar refractivity (Wildman–Crippen MR) is 124 cm³/mol. The number of rotatable bonds is 5. The second-order valence-electron chi connectivity index (χ2n) is 8.14. The van der Waals surface area contributed by atoms with Gasteiger partial charge in [0.05, 0.1) is 12.4 Å². The number of hydrogen-bond donors (Lipinski definition) is 0. The zero-order chi connectivity index (χ0) is 21.1. The van der Waals surface area contributed by atoms with Crippen molar-refractivity contribution < 1.29 is 14.3 Å². The summed E-state index contributed by atoms with van der Waals surface area (Å²) in [5, 5.41) is -0.355. The van der Waals surface area contributed by atoms with E-state index >= 15 is 0 Å². The van der Waals surface area contributed by atoms with E-state index in [0.29, 0.717) is 17.4 Å². The summed E-state index contributed by atoms with van der Waals surface area (Å²) >= 11 is 6.91. The fourth-order valence-electron chi connectivity index (χ4n) is 4.57. The van der Waals surface area contributed by atoms with E-state index in [1.165, 1.54) is 18.2 Å². The molecule has 0 spiro atoms. The Bertz CT molecular complexity index is 787. The summed E-state index contributed by atoms with van der Waals surface area (Å²) in [6, 6.07) is 8.24. The molecule has 1 unspecified atom stereocenters. The van der Waals surface area contributed by atoms with Gasteiger partial charge in [0, 0.05) is 44.3 Å². The maximum absolute atomic E-state index is 13.0. The molecule has 2 amide bonds. The Labute approximate surface area is 187 Å². The summed E-state index contributed by atoms with van der Waals surface area (Å²) in [4.78, 5) is 31.8. The third-order valence-electron chi connectivity index (χ3n) is 6.32. The highest BCUT2D eigenvalue weighted by atomic mass is 32.2. The Morgan fingerprint density at radius 1 is 1.10 bits per heavy atom. The number of benzene rings is 1. The zero-order valence-corrected chi connectivity index (χ0v) is 19.1. The average Bonchev–Trinajstić information content (AvgIpc) is 3.07. The molecule has 1 atom stereocenters. The van der Waals surface area contributed by atoms with Crippen LogP contribution in [0.4, 0.5) is 5.69 Å². The van der Waals surface area contributed by atoms with Crippen LogP contribution in [-0.4, -0.2) is 70.5 Å². The highest BCUT2D eigenvalue weighted by molar-refractivity contribution is 8.24. The normalized spacial score (nSPS) is 23.2. The van der Waals surface area contributed by atoms with Crippen LogP contribution in [0, 0.1) is 0 Å². The molecule has 2 heterocycles. The first-order valence-electron chi connectivity index (χ1n) is 10.8. The molecule has 6 nitrogen and oxygen atoms in total. The molecule has 0 N–H and O–H groups in total. The summed E-state index contributed by atoms with van der Waals surface area (Å²) in [5.74, 6) is 0.942. The van der Waals surface area contributed by atoms with Crippen LogP contribution < -0.4 is 9.64 Å². The smallest absolute Gasteiger partial charge is 0.242 e. The van der Waals surface area contributed by atoms with Gasteiger partial charge < -0.3 is 14.5 Å². The van der Waals surface area contributed by atoms with Crippen molar-refractivity contribution >= 4 is 45.8 Å². The number of carbonyl (C=O) groups is 2. The lowest BCUT2D eigenvalue weighted by Gasteiger charge is -2.36. The van der Waals surface area contributed by atoms with E-state index in [2.05, 4.69) is 4.90 Å². The number of anilines is 1. The number of amides is 2. The van der Waals surface area contributed by atoms with Crippen molar-refractivity contribution in [2.75, 3.05) is 38.2 Å². The third-order valence-corrected chi connectivity index (χ3v) is 7.86. The summed E-state index contributed by atoms with van der Waals surface area (Å²) in [6.45, 7) is 2.92. The molecule has 30 heavy (non-hydrogen) atoms. The molecule has 3 aliphatic rings. The first-order chi connectivity index (χ1) is 14.6. The van der Waals surface area contributed by atoms with Crippen LogP contribution in [0.25, 0.3) is 0 Å². The number of thiocarbonyl (C=S) groups is 1. The molecule has 0 aromatic heterocycles. The number of hydrogen-bond acceptors (Lipinski definition) is 6. The number of thioether (sulfide) groups is 1. The molecule has 162 valence electrons. The lowest BCUT2D eigenvalue weighted by molar-refractivity contribution is -0.135. The van der Waals surface area contributed by atoms with E-state index in [9.17, 15) is 9.59 Å². The largest absolute Gasteiger partial charge is 0.497 e. The van der Waals surface area contributed by atoms with Gasteiger partial charge in [-0.05, 0) is 37.1 Å². The van der Waals surface area contributed by atoms with Crippen LogP contribution in [0.5, 0.6) is 5.75 Å². The monoisotopic (exact) mass is 447 g/mol. The summed E-state index contributed by atoms with van der Waals surface area (Å²) in [7, 11) is 1.66. The summed E-state index contributed by atoms with van der Waals surface area (Å²) < 4.78 is 5.88. The van der Waals surface area contributed by atoms with Crippen molar-refractivity contribution in [2.24, 2.45) is 0 Å². The fraction of sp³-hybridized carbons (Fsp3) is 0.591. The van der Waals surface area contributed by atoms with Crippen molar-refractivity contribution in [1.82, 2.24) is 9.80 Å². The van der Waals surface area contributed by atoms with Crippen molar-refractivity contribution in [1.29, 1.82) is 0 Å². The van der Waals surface area contributed by atoms with E-state index in [-0.39, 0.29) is 29.5 Å². The summed E-state index contributed by atoms with van der Waals surface area (Å²) in [5.41, 5.74) is 1.14. The second-order valence-corrected chi connectivity index (χ2v) is 9.98. The Kier molecular flexibility index (Phi) is 6.83. The zero-order valence-electron chi connectivity index (χ0n) is 17.4. The highest BCUT2D eigenvalue weighted by Gasteiger charge is 2.42. The molecule has 0 radical (unpaired) electrons. The van der Waals surface area contributed by atoms with Gasteiger partial charge in [-0.2, -0.15) is 0 Å². The molecule has 8 heteroatoms. The quantitative estimate of drug-likeness (QED) is 0.646. The summed E-state index contributed by atoms with van der Waals surface area (Å²) in [6.07, 6.45) is 5.85. The highest BCUT2D eigenvalue weighted by Crippen LogP contribution is 2.35. The minimum Gasteiger partial charge on any atom is -0.497 e. The molecule has 1 aromatic rings. The van der Waals surface area contributed by atoms with E-state index < -0.39 is 0 Å². The maximum atomic E-state index is 13.0. The molecule has 0 bridgehead atoms. The fourth-order valence-corrected chi connectivity index (χ4v) is 6.19. The van der Waals surface area contributed by atoms with Crippen molar-refractivity contribution in [3.8, 4) is 5.75 Å². The van der Waals surface area contributed by atoms with E-state index in [4.69, 9.17) is 17.0 Å². The Balaban J connectivity index is 1.29. The van der Waals surface area contributed by atoms with Gasteiger partial charge in [-0.15, -0.1) is 0 Å². The van der Waals surface area contributed by atoms with E-state index in [1.807, 2.05) is 34.1 Å². The van der Waals surface area contributed by atoms with Gasteiger partial charge in [-0.1, -0.05) is 43.2 Å². The van der Waals surface area contributed by atoms with Gasteiger partial charge in [0.25, 0.3) is 0 Å². The first kappa shape index (κ1) is 21.4. The molecule has 3 fully saturated rings. The predicted octanol–water partition coefficient (Wildman–Crippen LogP) is 3.30. The Hall–Kier alpha value is -1.80. The van der Waals surface area contributed by atoms with Crippen molar-refractivity contribution in [3.05, 3.63) is 24.3 Å². The number of ether oxygens (including phenoxy) is 1. The van der Waals surface area contributed by atoms with Gasteiger partial charge in [-0.25, -0.2) is 0 Å². The van der Waals surface area contributed by atoms with Gasteiger partial charge in [-0.3, -0.25) is 14.5 Å². The van der Waals surface area contributed by atoms with Crippen LogP contribution in [0.1, 0.15) is 38.5 Å². The average molecular weight is 448 g/mol. The molecular formula is C22H29N3O3S2. The molecule has 1 saturated carbocycles. The van der Waals surface area contributed by atoms with Crippen molar-refractivity contribution in [3.63, 3.8) is 0 Å². The van der Waals surface area contributed by atoms with Gasteiger partial charge in [0.2, 0.25) is 11.8 Å². The van der Waals surface area contributed by atoms with Crippen LogP contribution in [0.2, 0.25) is 0 Å². The number of piperazine rings is 1. The minimum atomic E-state index is -0.355. The molecule has 1 aromatic carbocycles. The van der Waals surface area contributed by atoms with E-state index in [0.717, 1.165) is 50.2 Å². The molecule has 1 aliphatic carbocycles. The molecule has 2 aliphatic heterocycles. The lowest BCUT2D eigenvalue weighted by Crippen LogP contribution is -2.49. The number of methoxy groups -OCH3 is 1. The SMILES string of the molecule is COc1ccc(N2CCN(C(=O)CC3SC(=S)N(C4CCCCC4)C3=O)CC2)cc1. The molecular weight excluding hydrogens is 418 g/mol. The van der Waals surface area contributed by atoms with Crippen LogP contribution in [0.3, 0.4) is 0 Å². The van der Waals surface area contributed by atoms with Gasteiger partial charge in [0.1, 0.15) is 10.1 Å². The topological polar surface area (TPSA) is 53.1 Å². The van der Waals surface area contributed by atoms with Crippen molar-refractivity contribution in [2.45, 2.75) is 49.8 Å². The molecule has 2 saturated heterocycles. The van der Waals surface area contributed by atoms with Gasteiger partial charge in [0.15, 0.2) is 0 Å². The second kappa shape index (κ2) is 9.56. The van der Waals surface area contributed by atoms with Crippen LogP contribution >= 0.6 is 24.0 Å². The number of nitrogens with zero attached hydrogens (tertiary/aromatic N) is 3.